The molecule has 2 aromatic heterocycles. The Morgan fingerprint density at radius 3 is 2.95 bits per heavy atom. The molecule has 0 saturated heterocycles. The summed E-state index contributed by atoms with van der Waals surface area (Å²) in [7, 11) is 0. The van der Waals surface area contributed by atoms with Crippen LogP contribution in [0, 0.1) is 6.92 Å². The van der Waals surface area contributed by atoms with E-state index in [1.807, 2.05) is 25.1 Å². The SMILES string of the molecule is CCCOc1cc(C)nc(NC(C)CCc2ccco2)n1. The molecule has 0 aliphatic rings. The second-order valence-electron chi connectivity index (χ2n) is 5.18. The molecule has 2 heterocycles. The molecule has 0 fully saturated rings. The number of furan rings is 1. The molecule has 5 heteroatoms. The first kappa shape index (κ1) is 15.4. The second-order valence-corrected chi connectivity index (χ2v) is 5.18. The van der Waals surface area contributed by atoms with E-state index < -0.39 is 0 Å². The van der Waals surface area contributed by atoms with Gasteiger partial charge in [0.05, 0.1) is 12.9 Å². The van der Waals surface area contributed by atoms with E-state index in [2.05, 4.69) is 29.1 Å². The normalized spacial score (nSPS) is 12.1. The number of hydrogen-bond acceptors (Lipinski definition) is 5. The lowest BCUT2D eigenvalue weighted by Gasteiger charge is -2.14. The Morgan fingerprint density at radius 1 is 1.38 bits per heavy atom. The zero-order valence-electron chi connectivity index (χ0n) is 12.9. The zero-order chi connectivity index (χ0) is 15.1. The molecule has 1 atom stereocenters. The van der Waals surface area contributed by atoms with Crippen LogP contribution < -0.4 is 10.1 Å². The summed E-state index contributed by atoms with van der Waals surface area (Å²) in [6.45, 7) is 6.80. The van der Waals surface area contributed by atoms with Crippen LogP contribution in [0.3, 0.4) is 0 Å². The smallest absolute Gasteiger partial charge is 0.226 e. The Hall–Kier alpha value is -2.04. The molecule has 21 heavy (non-hydrogen) atoms. The van der Waals surface area contributed by atoms with Crippen LogP contribution in [-0.4, -0.2) is 22.6 Å². The average Bonchev–Trinajstić information content (AvgIpc) is 2.95. The van der Waals surface area contributed by atoms with Gasteiger partial charge in [0, 0.05) is 24.2 Å². The predicted octanol–water partition coefficient (Wildman–Crippen LogP) is 3.60. The van der Waals surface area contributed by atoms with Gasteiger partial charge in [0.1, 0.15) is 5.76 Å². The number of hydrogen-bond donors (Lipinski definition) is 1. The fourth-order valence-electron chi connectivity index (χ4n) is 1.99. The lowest BCUT2D eigenvalue weighted by Crippen LogP contribution is -2.18. The Bertz CT molecular complexity index is 540. The molecule has 1 N–H and O–H groups in total. The van der Waals surface area contributed by atoms with Crippen molar-refractivity contribution in [3.05, 3.63) is 35.9 Å². The molecule has 0 amide bonds. The zero-order valence-corrected chi connectivity index (χ0v) is 12.9. The van der Waals surface area contributed by atoms with E-state index in [0.717, 1.165) is 30.7 Å². The van der Waals surface area contributed by atoms with Gasteiger partial charge in [-0.3, -0.25) is 0 Å². The number of ether oxygens (including phenoxy) is 1. The van der Waals surface area contributed by atoms with Gasteiger partial charge in [-0.25, -0.2) is 4.98 Å². The van der Waals surface area contributed by atoms with Crippen molar-refractivity contribution >= 4 is 5.95 Å². The monoisotopic (exact) mass is 289 g/mol. The van der Waals surface area contributed by atoms with Crippen molar-refractivity contribution in [3.63, 3.8) is 0 Å². The van der Waals surface area contributed by atoms with Crippen LogP contribution in [-0.2, 0) is 6.42 Å². The van der Waals surface area contributed by atoms with Crippen molar-refractivity contribution < 1.29 is 9.15 Å². The van der Waals surface area contributed by atoms with E-state index in [1.165, 1.54) is 0 Å². The fourth-order valence-corrected chi connectivity index (χ4v) is 1.99. The lowest BCUT2D eigenvalue weighted by atomic mass is 10.1. The van der Waals surface area contributed by atoms with Crippen molar-refractivity contribution in [1.29, 1.82) is 0 Å². The van der Waals surface area contributed by atoms with Crippen LogP contribution in [0.25, 0.3) is 0 Å². The standard InChI is InChI=1S/C16H23N3O2/c1-4-9-21-15-11-13(3)18-16(19-15)17-12(2)7-8-14-6-5-10-20-14/h5-6,10-12H,4,7-9H2,1-3H3,(H,17,18,19). The van der Waals surface area contributed by atoms with Gasteiger partial charge >= 0.3 is 0 Å². The van der Waals surface area contributed by atoms with Gasteiger partial charge in [-0.1, -0.05) is 6.92 Å². The molecule has 0 aromatic carbocycles. The number of anilines is 1. The van der Waals surface area contributed by atoms with Crippen LogP contribution in [0.1, 0.15) is 38.1 Å². The van der Waals surface area contributed by atoms with E-state index in [4.69, 9.17) is 9.15 Å². The summed E-state index contributed by atoms with van der Waals surface area (Å²) >= 11 is 0. The van der Waals surface area contributed by atoms with Crippen molar-refractivity contribution in [3.8, 4) is 5.88 Å². The average molecular weight is 289 g/mol. The van der Waals surface area contributed by atoms with E-state index in [-0.39, 0.29) is 6.04 Å². The van der Waals surface area contributed by atoms with Gasteiger partial charge in [0.2, 0.25) is 11.8 Å². The molecule has 0 spiro atoms. The first-order valence-corrected chi connectivity index (χ1v) is 7.44. The highest BCUT2D eigenvalue weighted by atomic mass is 16.5. The number of aryl methyl sites for hydroxylation is 2. The number of aromatic nitrogens is 2. The highest BCUT2D eigenvalue weighted by molar-refractivity contribution is 5.31. The molecule has 0 aliphatic heterocycles. The summed E-state index contributed by atoms with van der Waals surface area (Å²) < 4.78 is 10.9. The third-order valence-electron chi connectivity index (χ3n) is 3.06. The first-order valence-electron chi connectivity index (χ1n) is 7.44. The summed E-state index contributed by atoms with van der Waals surface area (Å²) in [4.78, 5) is 8.79. The van der Waals surface area contributed by atoms with E-state index in [9.17, 15) is 0 Å². The summed E-state index contributed by atoms with van der Waals surface area (Å²) in [6.07, 6.45) is 4.52. The molecule has 2 rings (SSSR count). The molecule has 114 valence electrons. The van der Waals surface area contributed by atoms with Crippen LogP contribution in [0.5, 0.6) is 5.88 Å². The minimum absolute atomic E-state index is 0.260. The third-order valence-corrected chi connectivity index (χ3v) is 3.06. The van der Waals surface area contributed by atoms with Crippen molar-refractivity contribution in [2.75, 3.05) is 11.9 Å². The molecule has 0 saturated carbocycles. The Morgan fingerprint density at radius 2 is 2.24 bits per heavy atom. The van der Waals surface area contributed by atoms with Crippen LogP contribution in [0.2, 0.25) is 0 Å². The summed E-state index contributed by atoms with van der Waals surface area (Å²) in [5, 5.41) is 3.32. The molecular weight excluding hydrogens is 266 g/mol. The Labute approximate surface area is 125 Å². The highest BCUT2D eigenvalue weighted by Gasteiger charge is 2.08. The topological polar surface area (TPSA) is 60.2 Å². The molecule has 0 aliphatic carbocycles. The third kappa shape index (κ3) is 5.10. The highest BCUT2D eigenvalue weighted by Crippen LogP contribution is 2.14. The van der Waals surface area contributed by atoms with Crippen LogP contribution in [0.15, 0.2) is 28.9 Å². The first-order chi connectivity index (χ1) is 10.2. The maximum Gasteiger partial charge on any atom is 0.226 e. The van der Waals surface area contributed by atoms with Crippen molar-refractivity contribution in [1.82, 2.24) is 9.97 Å². The summed E-state index contributed by atoms with van der Waals surface area (Å²) in [5.41, 5.74) is 0.900. The Kier molecular flexibility index (Phi) is 5.60. The van der Waals surface area contributed by atoms with Crippen molar-refractivity contribution in [2.24, 2.45) is 0 Å². The van der Waals surface area contributed by atoms with Gasteiger partial charge in [-0.05, 0) is 38.8 Å². The fraction of sp³-hybridized carbons (Fsp3) is 0.500. The van der Waals surface area contributed by atoms with Gasteiger partial charge in [0.15, 0.2) is 0 Å². The van der Waals surface area contributed by atoms with Gasteiger partial charge < -0.3 is 14.5 Å². The molecule has 5 nitrogen and oxygen atoms in total. The maximum absolute atomic E-state index is 5.57. The molecule has 0 bridgehead atoms. The minimum atomic E-state index is 0.260. The van der Waals surface area contributed by atoms with E-state index in [1.54, 1.807) is 6.26 Å². The van der Waals surface area contributed by atoms with Crippen LogP contribution >= 0.6 is 0 Å². The van der Waals surface area contributed by atoms with Gasteiger partial charge in [-0.2, -0.15) is 4.98 Å². The van der Waals surface area contributed by atoms with Gasteiger partial charge in [0.25, 0.3) is 0 Å². The number of nitrogens with zero attached hydrogens (tertiary/aromatic N) is 2. The summed E-state index contributed by atoms with van der Waals surface area (Å²) in [6, 6.07) is 6.02. The van der Waals surface area contributed by atoms with E-state index >= 15 is 0 Å². The molecule has 1 unspecified atom stereocenters. The quantitative estimate of drug-likeness (QED) is 0.804. The molecule has 0 radical (unpaired) electrons. The lowest BCUT2D eigenvalue weighted by molar-refractivity contribution is 0.305. The number of nitrogens with one attached hydrogen (secondary N) is 1. The second kappa shape index (κ2) is 7.67. The number of rotatable bonds is 8. The Balaban J connectivity index is 1.90. The largest absolute Gasteiger partial charge is 0.478 e. The van der Waals surface area contributed by atoms with E-state index in [0.29, 0.717) is 18.4 Å². The molecular formula is C16H23N3O2. The maximum atomic E-state index is 5.57. The predicted molar refractivity (Wildman–Crippen MR) is 82.7 cm³/mol. The van der Waals surface area contributed by atoms with Crippen molar-refractivity contribution in [2.45, 2.75) is 46.1 Å². The minimum Gasteiger partial charge on any atom is -0.478 e. The van der Waals surface area contributed by atoms with Crippen LogP contribution in [0.4, 0.5) is 5.95 Å². The van der Waals surface area contributed by atoms with Gasteiger partial charge in [-0.15, -0.1) is 0 Å². The molecule has 2 aromatic rings. The summed E-state index contributed by atoms with van der Waals surface area (Å²) in [5.74, 6) is 2.25.